The molecule has 2 saturated carbocycles. The minimum absolute atomic E-state index is 0.289. The van der Waals surface area contributed by atoms with Crippen molar-refractivity contribution in [2.24, 2.45) is 17.3 Å². The third kappa shape index (κ3) is 0.243. The lowest BCUT2D eigenvalue weighted by atomic mass is 9.72. The molecule has 0 aromatic carbocycles. The monoisotopic (exact) mass is 136 g/mol. The first kappa shape index (κ1) is 5.36. The molecule has 0 aromatic heterocycles. The maximum Gasteiger partial charge on any atom is 0.0927 e. The van der Waals surface area contributed by atoms with Crippen LogP contribution in [0.1, 0.15) is 20.3 Å². The van der Waals surface area contributed by atoms with Gasteiger partial charge in [-0.3, -0.25) is 0 Å². The van der Waals surface area contributed by atoms with Gasteiger partial charge >= 0.3 is 0 Å². The number of aliphatic hydroxyl groups is 1. The van der Waals surface area contributed by atoms with Gasteiger partial charge in [-0.2, -0.15) is 0 Å². The Morgan fingerprint density at radius 3 is 2.60 bits per heavy atom. The molecule has 0 spiro atoms. The average Bonchev–Trinajstić information content (AvgIpc) is 2.05. The van der Waals surface area contributed by atoms with E-state index in [-0.39, 0.29) is 11.0 Å². The minimum Gasteiger partial charge on any atom is -0.385 e. The van der Waals surface area contributed by atoms with Crippen LogP contribution in [0.4, 0.5) is 0 Å². The second kappa shape index (κ2) is 1.00. The van der Waals surface area contributed by atoms with E-state index < -0.39 is 0 Å². The molecule has 54 valence electrons. The van der Waals surface area contributed by atoms with Gasteiger partial charge in [0.1, 0.15) is 0 Å². The van der Waals surface area contributed by atoms with Gasteiger partial charge in [-0.25, -0.2) is 0 Å². The molecule has 3 aliphatic carbocycles. The highest BCUT2D eigenvalue weighted by Crippen LogP contribution is 2.83. The molecule has 10 heavy (non-hydrogen) atoms. The highest BCUT2D eigenvalue weighted by molar-refractivity contribution is 5.49. The van der Waals surface area contributed by atoms with Crippen LogP contribution in [0.5, 0.6) is 0 Å². The molecule has 1 N–H and O–H groups in total. The van der Waals surface area contributed by atoms with Crippen molar-refractivity contribution >= 4 is 0 Å². The van der Waals surface area contributed by atoms with Crippen LogP contribution in [-0.4, -0.2) is 10.7 Å². The molecule has 3 rings (SSSR count). The molecule has 0 bridgehead atoms. The summed E-state index contributed by atoms with van der Waals surface area (Å²) in [5.74, 6) is 1.34. The summed E-state index contributed by atoms with van der Waals surface area (Å²) in [6, 6.07) is 0. The summed E-state index contributed by atoms with van der Waals surface area (Å²) in [7, 11) is 0. The largest absolute Gasteiger partial charge is 0.385 e. The van der Waals surface area contributed by atoms with E-state index in [0.29, 0.717) is 5.92 Å². The molecule has 4 atom stereocenters. The van der Waals surface area contributed by atoms with Gasteiger partial charge in [-0.1, -0.05) is 18.6 Å². The lowest BCUT2D eigenvalue weighted by Crippen LogP contribution is -2.25. The minimum atomic E-state index is -0.359. The zero-order valence-corrected chi connectivity index (χ0v) is 6.39. The summed E-state index contributed by atoms with van der Waals surface area (Å²) in [5, 5.41) is 9.93. The summed E-state index contributed by atoms with van der Waals surface area (Å²) < 4.78 is 0. The van der Waals surface area contributed by atoms with Crippen LogP contribution in [0, 0.1) is 17.3 Å². The summed E-state index contributed by atoms with van der Waals surface area (Å²) in [5.41, 5.74) is 1.35. The van der Waals surface area contributed by atoms with Crippen molar-refractivity contribution in [3.8, 4) is 0 Å². The molecule has 3 aliphatic rings. The van der Waals surface area contributed by atoms with Gasteiger partial charge in [0.15, 0.2) is 0 Å². The fourth-order valence-electron chi connectivity index (χ4n) is 3.37. The summed E-state index contributed by atoms with van der Waals surface area (Å²) in [4.78, 5) is 0. The van der Waals surface area contributed by atoms with Gasteiger partial charge in [0.25, 0.3) is 0 Å². The van der Waals surface area contributed by atoms with Crippen LogP contribution < -0.4 is 0 Å². The van der Waals surface area contributed by atoms with Gasteiger partial charge in [0, 0.05) is 11.3 Å². The molecular formula is C9H12O. The smallest absolute Gasteiger partial charge is 0.0927 e. The number of rotatable bonds is 0. The van der Waals surface area contributed by atoms with E-state index >= 15 is 0 Å². The van der Waals surface area contributed by atoms with Crippen molar-refractivity contribution in [3.05, 3.63) is 11.6 Å². The predicted molar refractivity (Wildman–Crippen MR) is 38.4 cm³/mol. The van der Waals surface area contributed by atoms with E-state index in [4.69, 9.17) is 0 Å². The Kier molecular flexibility index (Phi) is 0.537. The van der Waals surface area contributed by atoms with E-state index in [1.54, 1.807) is 0 Å². The van der Waals surface area contributed by atoms with Crippen LogP contribution in [-0.2, 0) is 0 Å². The zero-order valence-electron chi connectivity index (χ0n) is 6.39. The first-order valence-corrected chi connectivity index (χ1v) is 4.02. The van der Waals surface area contributed by atoms with Gasteiger partial charge in [0.05, 0.1) is 5.60 Å². The van der Waals surface area contributed by atoms with E-state index in [9.17, 15) is 5.11 Å². The van der Waals surface area contributed by atoms with Crippen molar-refractivity contribution in [3.63, 3.8) is 0 Å². The third-order valence-corrected chi connectivity index (χ3v) is 4.23. The summed E-state index contributed by atoms with van der Waals surface area (Å²) in [6.07, 6.45) is 3.33. The fraction of sp³-hybridized carbons (Fsp3) is 0.778. The Morgan fingerprint density at radius 1 is 1.70 bits per heavy atom. The topological polar surface area (TPSA) is 20.2 Å². The maximum atomic E-state index is 9.93. The quantitative estimate of drug-likeness (QED) is 0.498. The van der Waals surface area contributed by atoms with Crippen LogP contribution in [0.15, 0.2) is 11.6 Å². The molecule has 0 heterocycles. The van der Waals surface area contributed by atoms with Crippen LogP contribution >= 0.6 is 0 Å². The molecule has 1 heteroatoms. The SMILES string of the molecule is CC1=CC2(O)C3CC1C32C. The Labute approximate surface area is 60.7 Å². The van der Waals surface area contributed by atoms with E-state index in [2.05, 4.69) is 19.9 Å². The second-order valence-corrected chi connectivity index (χ2v) is 4.34. The summed E-state index contributed by atoms with van der Waals surface area (Å²) in [6.45, 7) is 4.37. The van der Waals surface area contributed by atoms with E-state index in [1.807, 2.05) is 0 Å². The van der Waals surface area contributed by atoms with Crippen molar-refractivity contribution in [1.82, 2.24) is 0 Å². The predicted octanol–water partition coefficient (Wildman–Crippen LogP) is 1.33. The van der Waals surface area contributed by atoms with Gasteiger partial charge in [-0.05, 0) is 19.3 Å². The summed E-state index contributed by atoms with van der Waals surface area (Å²) >= 11 is 0. The number of allylic oxidation sites excluding steroid dienone is 1. The normalized spacial score (nSPS) is 68.5. The average molecular weight is 136 g/mol. The molecule has 2 fully saturated rings. The van der Waals surface area contributed by atoms with Crippen molar-refractivity contribution in [1.29, 1.82) is 0 Å². The Balaban J connectivity index is 2.19. The highest BCUT2D eigenvalue weighted by Gasteiger charge is 2.84. The van der Waals surface area contributed by atoms with Crippen molar-refractivity contribution in [2.75, 3.05) is 0 Å². The molecule has 1 nitrogen and oxygen atoms in total. The Bertz CT molecular complexity index is 255. The molecular weight excluding hydrogens is 124 g/mol. The van der Waals surface area contributed by atoms with Crippen LogP contribution in [0.25, 0.3) is 0 Å². The molecule has 0 saturated heterocycles. The molecule has 0 aromatic rings. The van der Waals surface area contributed by atoms with E-state index in [1.165, 1.54) is 12.0 Å². The lowest BCUT2D eigenvalue weighted by molar-refractivity contribution is 0.156. The van der Waals surface area contributed by atoms with Crippen molar-refractivity contribution < 1.29 is 5.11 Å². The Morgan fingerprint density at radius 2 is 2.40 bits per heavy atom. The molecule has 0 aliphatic heterocycles. The highest BCUT2D eigenvalue weighted by atomic mass is 16.3. The van der Waals surface area contributed by atoms with Crippen molar-refractivity contribution in [2.45, 2.75) is 25.9 Å². The fourth-order valence-corrected chi connectivity index (χ4v) is 3.37. The zero-order chi connectivity index (χ0) is 7.15. The molecule has 0 amide bonds. The van der Waals surface area contributed by atoms with Crippen LogP contribution in [0.3, 0.4) is 0 Å². The van der Waals surface area contributed by atoms with Gasteiger partial charge in [-0.15, -0.1) is 0 Å². The number of hydrogen-bond acceptors (Lipinski definition) is 1. The Hall–Kier alpha value is -0.300. The maximum absolute atomic E-state index is 9.93. The first-order valence-electron chi connectivity index (χ1n) is 4.02. The van der Waals surface area contributed by atoms with Gasteiger partial charge in [0.2, 0.25) is 0 Å². The van der Waals surface area contributed by atoms with Crippen LogP contribution in [0.2, 0.25) is 0 Å². The van der Waals surface area contributed by atoms with Gasteiger partial charge < -0.3 is 5.11 Å². The molecule has 4 unspecified atom stereocenters. The van der Waals surface area contributed by atoms with E-state index in [0.717, 1.165) is 5.92 Å². The lowest BCUT2D eigenvalue weighted by Gasteiger charge is -2.31. The number of fused-ring (bicyclic) bond motifs is 1. The third-order valence-electron chi connectivity index (χ3n) is 4.23. The second-order valence-electron chi connectivity index (χ2n) is 4.34. The standard InChI is InChI=1S/C9H12O/c1-5-4-9(10)7-3-6(5)8(7,9)2/h4,6-7,10H,3H2,1-2H3. The number of hydrogen-bond donors (Lipinski definition) is 1. The molecule has 0 radical (unpaired) electrons. The first-order chi connectivity index (χ1) is 4.61.